The largest absolute Gasteiger partial charge is 0.507 e. The van der Waals surface area contributed by atoms with Gasteiger partial charge in [-0.05, 0) is 42.6 Å². The van der Waals surface area contributed by atoms with Crippen LogP contribution in [0, 0.1) is 6.92 Å². The molecule has 1 N–H and O–H groups in total. The lowest BCUT2D eigenvalue weighted by Crippen LogP contribution is -1.84. The van der Waals surface area contributed by atoms with Crippen molar-refractivity contribution in [3.8, 4) is 23.0 Å². The zero-order valence-electron chi connectivity index (χ0n) is 10.7. The average Bonchev–Trinajstić information content (AvgIpc) is 2.84. The van der Waals surface area contributed by atoms with E-state index < -0.39 is 0 Å². The van der Waals surface area contributed by atoms with Gasteiger partial charge < -0.3 is 14.3 Å². The Kier molecular flexibility index (Phi) is 2.63. The molecule has 0 spiro atoms. The number of hydrogen-bond donors (Lipinski definition) is 1. The highest BCUT2D eigenvalue weighted by atomic mass is 16.5. The Morgan fingerprint density at radius 2 is 2.05 bits per heavy atom. The molecule has 4 nitrogen and oxygen atoms in total. The summed E-state index contributed by atoms with van der Waals surface area (Å²) in [5.41, 5.74) is 1.55. The molecule has 0 bridgehead atoms. The van der Waals surface area contributed by atoms with Crippen molar-refractivity contribution in [2.45, 2.75) is 6.92 Å². The summed E-state index contributed by atoms with van der Waals surface area (Å²) in [5, 5.41) is 11.7. The Morgan fingerprint density at radius 3 is 2.74 bits per heavy atom. The highest BCUT2D eigenvalue weighted by molar-refractivity contribution is 5.92. The Hall–Kier alpha value is -2.49. The van der Waals surface area contributed by atoms with Gasteiger partial charge in [-0.2, -0.15) is 0 Å². The first kappa shape index (κ1) is 11.6. The van der Waals surface area contributed by atoms with E-state index in [9.17, 15) is 5.11 Å². The molecular formula is C15H13NO3. The van der Waals surface area contributed by atoms with Crippen LogP contribution in [0.4, 0.5) is 0 Å². The van der Waals surface area contributed by atoms with Crippen molar-refractivity contribution in [1.29, 1.82) is 0 Å². The van der Waals surface area contributed by atoms with Gasteiger partial charge in [0.1, 0.15) is 17.8 Å². The molecule has 0 atom stereocenters. The van der Waals surface area contributed by atoms with Crippen molar-refractivity contribution in [1.82, 2.24) is 4.98 Å². The van der Waals surface area contributed by atoms with Gasteiger partial charge in [0, 0.05) is 10.9 Å². The first-order valence-electron chi connectivity index (χ1n) is 5.90. The Bertz CT molecular complexity index is 746. The highest BCUT2D eigenvalue weighted by Gasteiger charge is 2.09. The topological polar surface area (TPSA) is 55.5 Å². The minimum Gasteiger partial charge on any atom is -0.507 e. The van der Waals surface area contributed by atoms with Crippen molar-refractivity contribution >= 4 is 10.8 Å². The molecule has 0 aliphatic heterocycles. The molecule has 0 radical (unpaired) electrons. The van der Waals surface area contributed by atoms with E-state index in [1.54, 1.807) is 19.4 Å². The quantitative estimate of drug-likeness (QED) is 0.761. The van der Waals surface area contributed by atoms with Gasteiger partial charge in [0.2, 0.25) is 5.89 Å². The van der Waals surface area contributed by atoms with Crippen LogP contribution in [0.1, 0.15) is 5.69 Å². The van der Waals surface area contributed by atoms with Crippen LogP contribution in [0.15, 0.2) is 41.0 Å². The van der Waals surface area contributed by atoms with E-state index in [2.05, 4.69) is 4.98 Å². The third-order valence-electron chi connectivity index (χ3n) is 3.00. The van der Waals surface area contributed by atoms with Crippen LogP contribution in [0.5, 0.6) is 11.5 Å². The van der Waals surface area contributed by atoms with E-state index >= 15 is 0 Å². The van der Waals surface area contributed by atoms with Crippen LogP contribution >= 0.6 is 0 Å². The first-order chi connectivity index (χ1) is 9.17. The van der Waals surface area contributed by atoms with E-state index in [1.807, 2.05) is 31.2 Å². The lowest BCUT2D eigenvalue weighted by Gasteiger charge is -2.06. The van der Waals surface area contributed by atoms with E-state index in [4.69, 9.17) is 9.15 Å². The second-order valence-corrected chi connectivity index (χ2v) is 4.38. The van der Waals surface area contributed by atoms with Crippen LogP contribution in [0.25, 0.3) is 22.2 Å². The predicted octanol–water partition coefficient (Wildman–Crippen LogP) is 3.52. The number of rotatable bonds is 2. The summed E-state index contributed by atoms with van der Waals surface area (Å²) in [6, 6.07) is 9.09. The van der Waals surface area contributed by atoms with E-state index in [-0.39, 0.29) is 5.75 Å². The zero-order valence-corrected chi connectivity index (χ0v) is 10.7. The van der Waals surface area contributed by atoms with Crippen molar-refractivity contribution in [3.63, 3.8) is 0 Å². The number of nitrogens with zero attached hydrogens (tertiary/aromatic N) is 1. The predicted molar refractivity (Wildman–Crippen MR) is 72.4 cm³/mol. The SMILES string of the molecule is COc1ccc2c(O)cc(-c3nc(C)co3)cc2c1. The maximum absolute atomic E-state index is 10.1. The number of ether oxygens (including phenoxy) is 1. The fraction of sp³-hybridized carbons (Fsp3) is 0.133. The molecule has 3 aromatic rings. The number of aromatic hydroxyl groups is 1. The molecule has 2 aromatic carbocycles. The number of oxazole rings is 1. The van der Waals surface area contributed by atoms with Gasteiger partial charge in [0.25, 0.3) is 0 Å². The summed E-state index contributed by atoms with van der Waals surface area (Å²) in [5.74, 6) is 1.44. The van der Waals surface area contributed by atoms with E-state index in [0.717, 1.165) is 27.8 Å². The molecule has 0 fully saturated rings. The third kappa shape index (κ3) is 2.01. The molecule has 0 saturated heterocycles. The molecule has 0 amide bonds. The van der Waals surface area contributed by atoms with Gasteiger partial charge in [-0.25, -0.2) is 4.98 Å². The van der Waals surface area contributed by atoms with Gasteiger partial charge in [0.15, 0.2) is 0 Å². The van der Waals surface area contributed by atoms with E-state index in [1.165, 1.54) is 0 Å². The van der Waals surface area contributed by atoms with Gasteiger partial charge in [-0.3, -0.25) is 0 Å². The Morgan fingerprint density at radius 1 is 1.21 bits per heavy atom. The van der Waals surface area contributed by atoms with Crippen LogP contribution in [0.3, 0.4) is 0 Å². The zero-order chi connectivity index (χ0) is 13.4. The summed E-state index contributed by atoms with van der Waals surface area (Å²) >= 11 is 0. The molecule has 19 heavy (non-hydrogen) atoms. The molecule has 0 saturated carbocycles. The van der Waals surface area contributed by atoms with Crippen molar-refractivity contribution in [2.24, 2.45) is 0 Å². The van der Waals surface area contributed by atoms with Crippen LogP contribution in [0.2, 0.25) is 0 Å². The number of aryl methyl sites for hydroxylation is 1. The molecule has 0 unspecified atom stereocenters. The maximum atomic E-state index is 10.1. The third-order valence-corrected chi connectivity index (χ3v) is 3.00. The summed E-state index contributed by atoms with van der Waals surface area (Å²) < 4.78 is 10.5. The smallest absolute Gasteiger partial charge is 0.226 e. The van der Waals surface area contributed by atoms with Gasteiger partial charge in [-0.15, -0.1) is 0 Å². The maximum Gasteiger partial charge on any atom is 0.226 e. The molecule has 0 aliphatic carbocycles. The number of benzene rings is 2. The van der Waals surface area contributed by atoms with Gasteiger partial charge in [-0.1, -0.05) is 0 Å². The molecular weight excluding hydrogens is 242 g/mol. The second-order valence-electron chi connectivity index (χ2n) is 4.38. The fourth-order valence-corrected chi connectivity index (χ4v) is 2.06. The number of aromatic nitrogens is 1. The normalized spacial score (nSPS) is 10.8. The summed E-state index contributed by atoms with van der Waals surface area (Å²) in [6.07, 6.45) is 1.59. The number of methoxy groups -OCH3 is 1. The first-order valence-corrected chi connectivity index (χ1v) is 5.90. The molecule has 0 aliphatic rings. The van der Waals surface area contributed by atoms with Crippen LogP contribution in [-0.4, -0.2) is 17.2 Å². The lowest BCUT2D eigenvalue weighted by atomic mass is 10.1. The number of hydrogen-bond acceptors (Lipinski definition) is 4. The summed E-state index contributed by atoms with van der Waals surface area (Å²) in [4.78, 5) is 4.26. The lowest BCUT2D eigenvalue weighted by molar-refractivity contribution is 0.415. The fourth-order valence-electron chi connectivity index (χ4n) is 2.06. The Balaban J connectivity index is 2.22. The van der Waals surface area contributed by atoms with Gasteiger partial charge in [0.05, 0.1) is 12.8 Å². The Labute approximate surface area is 110 Å². The minimum atomic E-state index is 0.200. The van der Waals surface area contributed by atoms with Crippen LogP contribution < -0.4 is 4.74 Å². The minimum absolute atomic E-state index is 0.200. The number of phenols is 1. The molecule has 4 heteroatoms. The number of fused-ring (bicyclic) bond motifs is 1. The van der Waals surface area contributed by atoms with Crippen molar-refractivity contribution in [3.05, 3.63) is 42.3 Å². The number of phenolic OH excluding ortho intramolecular Hbond substituents is 1. The summed E-state index contributed by atoms with van der Waals surface area (Å²) in [6.45, 7) is 1.86. The highest BCUT2D eigenvalue weighted by Crippen LogP contribution is 2.33. The molecule has 96 valence electrons. The van der Waals surface area contributed by atoms with Crippen molar-refractivity contribution in [2.75, 3.05) is 7.11 Å². The monoisotopic (exact) mass is 255 g/mol. The average molecular weight is 255 g/mol. The van der Waals surface area contributed by atoms with Crippen molar-refractivity contribution < 1.29 is 14.3 Å². The second kappa shape index (κ2) is 4.31. The molecule has 1 heterocycles. The molecule has 1 aromatic heterocycles. The van der Waals surface area contributed by atoms with Gasteiger partial charge >= 0.3 is 0 Å². The van der Waals surface area contributed by atoms with E-state index in [0.29, 0.717) is 5.89 Å². The molecule has 3 rings (SSSR count). The summed E-state index contributed by atoms with van der Waals surface area (Å²) in [7, 11) is 1.61. The standard InChI is InChI=1S/C15H13NO3/c1-9-8-19-15(16-9)11-5-10-6-12(18-2)3-4-13(10)14(17)7-11/h3-8,17H,1-2H3. The van der Waals surface area contributed by atoms with Crippen LogP contribution in [-0.2, 0) is 0 Å².